The zero-order valence-corrected chi connectivity index (χ0v) is 10.0. The number of hydrogen-bond donors (Lipinski definition) is 1. The van der Waals surface area contributed by atoms with Gasteiger partial charge in [0.25, 0.3) is 0 Å². The minimum atomic E-state index is -4.57. The van der Waals surface area contributed by atoms with Crippen molar-refractivity contribution in [2.75, 3.05) is 0 Å². The molecule has 2 aromatic rings. The van der Waals surface area contributed by atoms with E-state index in [1.165, 1.54) is 12.4 Å². The second-order valence-corrected chi connectivity index (χ2v) is 3.78. The van der Waals surface area contributed by atoms with Crippen molar-refractivity contribution < 1.29 is 17.6 Å². The highest BCUT2D eigenvalue weighted by molar-refractivity contribution is 5.52. The van der Waals surface area contributed by atoms with Gasteiger partial charge in [0.1, 0.15) is 6.67 Å². The summed E-state index contributed by atoms with van der Waals surface area (Å²) in [5.74, 6) is -0.0245. The molecule has 2 N–H and O–H groups in total. The van der Waals surface area contributed by atoms with Gasteiger partial charge in [0, 0.05) is 25.1 Å². The van der Waals surface area contributed by atoms with Crippen LogP contribution in [-0.4, -0.2) is 19.9 Å². The van der Waals surface area contributed by atoms with Crippen LogP contribution < -0.4 is 5.73 Å². The molecule has 0 aliphatic rings. The minimum Gasteiger partial charge on any atom is -0.325 e. The Morgan fingerprint density at radius 1 is 1.05 bits per heavy atom. The number of nitrogens with two attached hydrogens (primary N) is 1. The summed E-state index contributed by atoms with van der Waals surface area (Å²) in [6, 6.07) is 0. The van der Waals surface area contributed by atoms with Gasteiger partial charge >= 0.3 is 6.18 Å². The van der Waals surface area contributed by atoms with Gasteiger partial charge in [-0.2, -0.15) is 13.2 Å². The van der Waals surface area contributed by atoms with E-state index >= 15 is 0 Å². The van der Waals surface area contributed by atoms with E-state index in [1.807, 2.05) is 0 Å². The number of halogens is 4. The number of nitrogens with zero attached hydrogens (tertiary/aromatic N) is 4. The van der Waals surface area contributed by atoms with E-state index in [2.05, 4.69) is 19.9 Å². The minimum absolute atomic E-state index is 0.00357. The lowest BCUT2D eigenvalue weighted by Crippen LogP contribution is -2.15. The number of aromatic nitrogens is 4. The Kier molecular flexibility index (Phi) is 3.89. The second kappa shape index (κ2) is 5.45. The third-order valence-electron chi connectivity index (χ3n) is 2.45. The van der Waals surface area contributed by atoms with Crippen LogP contribution in [0.5, 0.6) is 0 Å². The molecule has 0 fully saturated rings. The number of alkyl halides is 4. The van der Waals surface area contributed by atoms with E-state index in [1.54, 1.807) is 0 Å². The Morgan fingerprint density at radius 2 is 1.70 bits per heavy atom. The maximum Gasteiger partial charge on any atom is 0.419 e. The summed E-state index contributed by atoms with van der Waals surface area (Å²) in [6.07, 6.45) is -1.43. The fourth-order valence-corrected chi connectivity index (χ4v) is 1.49. The molecule has 0 bridgehead atoms. The van der Waals surface area contributed by atoms with Crippen LogP contribution in [0.3, 0.4) is 0 Å². The fourth-order valence-electron chi connectivity index (χ4n) is 1.49. The van der Waals surface area contributed by atoms with E-state index in [-0.39, 0.29) is 29.5 Å². The molecule has 106 valence electrons. The maximum absolute atomic E-state index is 12.7. The molecule has 0 saturated heterocycles. The number of hydrogen-bond acceptors (Lipinski definition) is 5. The van der Waals surface area contributed by atoms with E-state index in [0.29, 0.717) is 6.20 Å². The molecule has 5 nitrogen and oxygen atoms in total. The average molecular weight is 287 g/mol. The Labute approximate surface area is 110 Å². The van der Waals surface area contributed by atoms with Crippen LogP contribution in [0.1, 0.15) is 17.1 Å². The molecular formula is C11H9F4N5. The molecule has 0 aromatic carbocycles. The highest BCUT2D eigenvalue weighted by Crippen LogP contribution is 2.31. The molecular weight excluding hydrogens is 278 g/mol. The quantitative estimate of drug-likeness (QED) is 0.872. The Balaban J connectivity index is 2.43. The normalized spacial score (nSPS) is 11.7. The highest BCUT2D eigenvalue weighted by atomic mass is 19.4. The summed E-state index contributed by atoms with van der Waals surface area (Å²) in [6.45, 7) is -1.21. The van der Waals surface area contributed by atoms with Crippen molar-refractivity contribution in [3.05, 3.63) is 35.7 Å². The van der Waals surface area contributed by atoms with Crippen molar-refractivity contribution in [1.29, 1.82) is 0 Å². The lowest BCUT2D eigenvalue weighted by molar-refractivity contribution is -0.138. The molecule has 0 saturated carbocycles. The van der Waals surface area contributed by atoms with Gasteiger partial charge in [-0.3, -0.25) is 0 Å². The van der Waals surface area contributed by atoms with Crippen molar-refractivity contribution in [3.63, 3.8) is 0 Å². The van der Waals surface area contributed by atoms with Gasteiger partial charge in [0.15, 0.2) is 11.6 Å². The van der Waals surface area contributed by atoms with Crippen molar-refractivity contribution in [2.24, 2.45) is 5.73 Å². The van der Waals surface area contributed by atoms with Crippen molar-refractivity contribution in [3.8, 4) is 11.4 Å². The van der Waals surface area contributed by atoms with Crippen LogP contribution in [0, 0.1) is 0 Å². The lowest BCUT2D eigenvalue weighted by Gasteiger charge is -2.11. The van der Waals surface area contributed by atoms with E-state index in [0.717, 1.165) is 0 Å². The molecule has 2 rings (SSSR count). The summed E-state index contributed by atoms with van der Waals surface area (Å²) >= 11 is 0. The molecule has 0 amide bonds. The van der Waals surface area contributed by atoms with Gasteiger partial charge < -0.3 is 5.73 Å². The molecule has 0 radical (unpaired) electrons. The monoisotopic (exact) mass is 287 g/mol. The van der Waals surface area contributed by atoms with Crippen LogP contribution in [0.4, 0.5) is 17.6 Å². The Bertz CT molecular complexity index is 597. The first-order valence-corrected chi connectivity index (χ1v) is 5.46. The molecule has 2 aromatic heterocycles. The Hall–Kier alpha value is -2.16. The molecule has 20 heavy (non-hydrogen) atoms. The predicted octanol–water partition coefficient (Wildman–Crippen LogP) is 1.88. The third kappa shape index (κ3) is 2.87. The van der Waals surface area contributed by atoms with Crippen LogP contribution in [-0.2, 0) is 19.4 Å². The van der Waals surface area contributed by atoms with Gasteiger partial charge in [-0.25, -0.2) is 24.3 Å². The van der Waals surface area contributed by atoms with E-state index in [9.17, 15) is 17.6 Å². The smallest absolute Gasteiger partial charge is 0.325 e. The predicted molar refractivity (Wildman–Crippen MR) is 60.8 cm³/mol. The topological polar surface area (TPSA) is 77.6 Å². The lowest BCUT2D eigenvalue weighted by atomic mass is 10.2. The molecule has 0 aliphatic heterocycles. The fraction of sp³-hybridized carbons (Fsp3) is 0.273. The number of rotatable bonds is 3. The second-order valence-electron chi connectivity index (χ2n) is 3.78. The third-order valence-corrected chi connectivity index (χ3v) is 2.45. The van der Waals surface area contributed by atoms with Gasteiger partial charge in [-0.05, 0) is 0 Å². The molecule has 0 unspecified atom stereocenters. The largest absolute Gasteiger partial charge is 0.419 e. The van der Waals surface area contributed by atoms with Gasteiger partial charge in [-0.15, -0.1) is 0 Å². The van der Waals surface area contributed by atoms with E-state index in [4.69, 9.17) is 5.73 Å². The van der Waals surface area contributed by atoms with Crippen LogP contribution in [0.2, 0.25) is 0 Å². The summed E-state index contributed by atoms with van der Waals surface area (Å²) < 4.78 is 50.3. The molecule has 0 atom stereocenters. The summed E-state index contributed by atoms with van der Waals surface area (Å²) in [5, 5.41) is 0. The standard InChI is InChI=1S/C11H9F4N5/c12-1-9-17-3-6(4-18-9)10-19-5-7(11(13,14)15)8(2-16)20-10/h3-5H,1-2,16H2. The van der Waals surface area contributed by atoms with Crippen molar-refractivity contribution >= 4 is 0 Å². The van der Waals surface area contributed by atoms with Crippen LogP contribution in [0.15, 0.2) is 18.6 Å². The molecule has 2 heterocycles. The van der Waals surface area contributed by atoms with Gasteiger partial charge in [0.05, 0.1) is 16.8 Å². The van der Waals surface area contributed by atoms with Crippen LogP contribution in [0.25, 0.3) is 11.4 Å². The first-order valence-electron chi connectivity index (χ1n) is 5.46. The highest BCUT2D eigenvalue weighted by Gasteiger charge is 2.34. The Morgan fingerprint density at radius 3 is 2.20 bits per heavy atom. The van der Waals surface area contributed by atoms with Gasteiger partial charge in [-0.1, -0.05) is 0 Å². The average Bonchev–Trinajstić information content (AvgIpc) is 2.45. The van der Waals surface area contributed by atoms with Crippen molar-refractivity contribution in [1.82, 2.24) is 19.9 Å². The SMILES string of the molecule is NCc1nc(-c2cnc(CF)nc2)ncc1C(F)(F)F. The summed E-state index contributed by atoms with van der Waals surface area (Å²) in [5.41, 5.74) is 4.25. The zero-order chi connectivity index (χ0) is 14.8. The van der Waals surface area contributed by atoms with Crippen LogP contribution >= 0.6 is 0 Å². The zero-order valence-electron chi connectivity index (χ0n) is 10.0. The summed E-state index contributed by atoms with van der Waals surface area (Å²) in [4.78, 5) is 14.7. The van der Waals surface area contributed by atoms with Gasteiger partial charge in [0.2, 0.25) is 0 Å². The van der Waals surface area contributed by atoms with Crippen molar-refractivity contribution in [2.45, 2.75) is 19.4 Å². The summed E-state index contributed by atoms with van der Waals surface area (Å²) in [7, 11) is 0. The first-order chi connectivity index (χ1) is 9.45. The maximum atomic E-state index is 12.7. The first kappa shape index (κ1) is 14.3. The molecule has 9 heteroatoms. The van der Waals surface area contributed by atoms with E-state index < -0.39 is 18.4 Å². The molecule has 0 aliphatic carbocycles. The molecule has 0 spiro atoms.